The maximum absolute atomic E-state index is 12.5. The Morgan fingerprint density at radius 2 is 1.92 bits per heavy atom. The standard InChI is InChI=1S/C17H22ClN3O4/c1-10(2)15(17(23)19-12-5-3-4-6-12)20-16(22)11-7-8-13(18)14(9-11)21(24)25/h7-10,12,15H,3-6H2,1-2H3,(H,19,23)(H,20,22). The van der Waals surface area contributed by atoms with Gasteiger partial charge in [0.15, 0.2) is 0 Å². The molecule has 2 rings (SSSR count). The van der Waals surface area contributed by atoms with Crippen LogP contribution in [0.1, 0.15) is 49.9 Å². The van der Waals surface area contributed by atoms with Crippen LogP contribution in [0.15, 0.2) is 18.2 Å². The molecule has 2 N–H and O–H groups in total. The molecule has 1 aliphatic rings. The molecule has 1 saturated carbocycles. The van der Waals surface area contributed by atoms with Gasteiger partial charge in [-0.2, -0.15) is 0 Å². The van der Waals surface area contributed by atoms with E-state index >= 15 is 0 Å². The maximum Gasteiger partial charge on any atom is 0.288 e. The predicted molar refractivity (Wildman–Crippen MR) is 94.6 cm³/mol. The average Bonchev–Trinajstić information content (AvgIpc) is 3.04. The van der Waals surface area contributed by atoms with Gasteiger partial charge in [0.25, 0.3) is 11.6 Å². The lowest BCUT2D eigenvalue weighted by Gasteiger charge is -2.23. The molecule has 1 aromatic carbocycles. The van der Waals surface area contributed by atoms with Crippen LogP contribution in [0.25, 0.3) is 0 Å². The number of hydrogen-bond donors (Lipinski definition) is 2. The van der Waals surface area contributed by atoms with Gasteiger partial charge in [0.05, 0.1) is 4.92 Å². The first-order valence-electron chi connectivity index (χ1n) is 8.34. The quantitative estimate of drug-likeness (QED) is 0.595. The second-order valence-corrected chi connectivity index (χ2v) is 7.02. The highest BCUT2D eigenvalue weighted by atomic mass is 35.5. The van der Waals surface area contributed by atoms with Crippen molar-refractivity contribution >= 4 is 29.1 Å². The number of benzene rings is 1. The zero-order valence-electron chi connectivity index (χ0n) is 14.3. The molecule has 0 aromatic heterocycles. The van der Waals surface area contributed by atoms with Gasteiger partial charge in [0, 0.05) is 17.7 Å². The highest BCUT2D eigenvalue weighted by molar-refractivity contribution is 6.32. The number of carbonyl (C=O) groups excluding carboxylic acids is 2. The Bertz CT molecular complexity index is 672. The summed E-state index contributed by atoms with van der Waals surface area (Å²) in [5.74, 6) is -0.883. The molecule has 0 bridgehead atoms. The van der Waals surface area contributed by atoms with Crippen LogP contribution in [0.2, 0.25) is 5.02 Å². The second kappa shape index (κ2) is 8.29. The molecule has 136 valence electrons. The average molecular weight is 368 g/mol. The van der Waals surface area contributed by atoms with Crippen molar-refractivity contribution in [1.82, 2.24) is 10.6 Å². The van der Waals surface area contributed by atoms with Crippen LogP contribution in [0.4, 0.5) is 5.69 Å². The zero-order valence-corrected chi connectivity index (χ0v) is 15.0. The molecular weight excluding hydrogens is 346 g/mol. The third-order valence-electron chi connectivity index (χ3n) is 4.34. The van der Waals surface area contributed by atoms with Crippen LogP contribution in [0.5, 0.6) is 0 Å². The van der Waals surface area contributed by atoms with Crippen LogP contribution in [-0.4, -0.2) is 28.8 Å². The summed E-state index contributed by atoms with van der Waals surface area (Å²) in [5.41, 5.74) is -0.249. The van der Waals surface area contributed by atoms with E-state index < -0.39 is 16.9 Å². The van der Waals surface area contributed by atoms with Crippen LogP contribution in [0, 0.1) is 16.0 Å². The molecule has 0 heterocycles. The molecule has 1 unspecified atom stereocenters. The Morgan fingerprint density at radius 3 is 2.48 bits per heavy atom. The lowest BCUT2D eigenvalue weighted by atomic mass is 10.0. The number of amides is 2. The number of rotatable bonds is 6. The third kappa shape index (κ3) is 4.92. The first kappa shape index (κ1) is 19.2. The molecule has 1 aliphatic carbocycles. The molecule has 0 aliphatic heterocycles. The summed E-state index contributed by atoms with van der Waals surface area (Å²) in [5, 5.41) is 16.6. The van der Waals surface area contributed by atoms with Crippen molar-refractivity contribution in [2.24, 2.45) is 5.92 Å². The van der Waals surface area contributed by atoms with E-state index in [1.54, 1.807) is 0 Å². The number of hydrogen-bond acceptors (Lipinski definition) is 4. The monoisotopic (exact) mass is 367 g/mol. The minimum atomic E-state index is -0.706. The summed E-state index contributed by atoms with van der Waals surface area (Å²) < 4.78 is 0. The molecule has 0 radical (unpaired) electrons. The molecule has 2 amide bonds. The lowest BCUT2D eigenvalue weighted by Crippen LogP contribution is -2.51. The predicted octanol–water partition coefficient (Wildman–Crippen LogP) is 3.06. The normalized spacial score (nSPS) is 15.8. The van der Waals surface area contributed by atoms with Crippen molar-refractivity contribution in [3.8, 4) is 0 Å². The molecule has 8 heteroatoms. The lowest BCUT2D eigenvalue weighted by molar-refractivity contribution is -0.384. The Morgan fingerprint density at radius 1 is 1.28 bits per heavy atom. The van der Waals surface area contributed by atoms with Gasteiger partial charge in [-0.1, -0.05) is 38.3 Å². The fraction of sp³-hybridized carbons (Fsp3) is 0.529. The number of carbonyl (C=O) groups is 2. The first-order valence-corrected chi connectivity index (χ1v) is 8.72. The van der Waals surface area contributed by atoms with Gasteiger partial charge in [0.2, 0.25) is 5.91 Å². The van der Waals surface area contributed by atoms with Crippen LogP contribution in [0.3, 0.4) is 0 Å². The van der Waals surface area contributed by atoms with Crippen LogP contribution in [-0.2, 0) is 4.79 Å². The summed E-state index contributed by atoms with van der Waals surface area (Å²) in [6.07, 6.45) is 4.10. The van der Waals surface area contributed by atoms with Gasteiger partial charge >= 0.3 is 0 Å². The topological polar surface area (TPSA) is 101 Å². The van der Waals surface area contributed by atoms with Gasteiger partial charge in [-0.05, 0) is 30.9 Å². The van der Waals surface area contributed by atoms with E-state index in [4.69, 9.17) is 11.6 Å². The fourth-order valence-electron chi connectivity index (χ4n) is 2.91. The van der Waals surface area contributed by atoms with Crippen molar-refractivity contribution in [2.45, 2.75) is 51.6 Å². The Balaban J connectivity index is 2.10. The molecular formula is C17H22ClN3O4. The fourth-order valence-corrected chi connectivity index (χ4v) is 3.10. The minimum Gasteiger partial charge on any atom is -0.352 e. The Labute approximate surface area is 151 Å². The molecule has 0 saturated heterocycles. The highest BCUT2D eigenvalue weighted by Crippen LogP contribution is 2.25. The van der Waals surface area contributed by atoms with Gasteiger partial charge in [0.1, 0.15) is 11.1 Å². The molecule has 1 aromatic rings. The first-order chi connectivity index (χ1) is 11.8. The largest absolute Gasteiger partial charge is 0.352 e. The highest BCUT2D eigenvalue weighted by Gasteiger charge is 2.28. The van der Waals surface area contributed by atoms with E-state index in [0.29, 0.717) is 0 Å². The van der Waals surface area contributed by atoms with Crippen LogP contribution < -0.4 is 10.6 Å². The Kier molecular flexibility index (Phi) is 6.36. The number of nitrogens with zero attached hydrogens (tertiary/aromatic N) is 1. The van der Waals surface area contributed by atoms with Crippen molar-refractivity contribution in [1.29, 1.82) is 0 Å². The smallest absolute Gasteiger partial charge is 0.288 e. The number of halogens is 1. The van der Waals surface area contributed by atoms with E-state index in [1.807, 2.05) is 13.8 Å². The van der Waals surface area contributed by atoms with Gasteiger partial charge < -0.3 is 10.6 Å². The maximum atomic E-state index is 12.5. The van der Waals surface area contributed by atoms with E-state index in [0.717, 1.165) is 31.7 Å². The molecule has 1 atom stereocenters. The number of nitro benzene ring substituents is 1. The van der Waals surface area contributed by atoms with E-state index in [9.17, 15) is 19.7 Å². The number of nitro groups is 1. The van der Waals surface area contributed by atoms with Crippen molar-refractivity contribution < 1.29 is 14.5 Å². The summed E-state index contributed by atoms with van der Waals surface area (Å²) in [4.78, 5) is 35.2. The van der Waals surface area contributed by atoms with Crippen LogP contribution >= 0.6 is 11.6 Å². The summed E-state index contributed by atoms with van der Waals surface area (Å²) in [7, 11) is 0. The zero-order chi connectivity index (χ0) is 18.6. The number of nitrogens with one attached hydrogen (secondary N) is 2. The third-order valence-corrected chi connectivity index (χ3v) is 4.66. The van der Waals surface area contributed by atoms with Crippen molar-refractivity contribution in [2.75, 3.05) is 0 Å². The summed E-state index contributed by atoms with van der Waals surface area (Å²) in [6, 6.07) is 3.27. The second-order valence-electron chi connectivity index (χ2n) is 6.61. The van der Waals surface area contributed by atoms with Crippen molar-refractivity contribution in [3.05, 3.63) is 38.9 Å². The van der Waals surface area contributed by atoms with Crippen molar-refractivity contribution in [3.63, 3.8) is 0 Å². The van der Waals surface area contributed by atoms with E-state index in [-0.39, 0.29) is 34.1 Å². The van der Waals surface area contributed by atoms with Gasteiger partial charge in [-0.25, -0.2) is 0 Å². The van der Waals surface area contributed by atoms with E-state index in [2.05, 4.69) is 10.6 Å². The molecule has 7 nitrogen and oxygen atoms in total. The molecule has 25 heavy (non-hydrogen) atoms. The molecule has 1 fully saturated rings. The SMILES string of the molecule is CC(C)C(NC(=O)c1ccc(Cl)c([N+](=O)[O-])c1)C(=O)NC1CCCC1. The summed E-state index contributed by atoms with van der Waals surface area (Å²) in [6.45, 7) is 3.67. The van der Waals surface area contributed by atoms with Gasteiger partial charge in [-0.15, -0.1) is 0 Å². The summed E-state index contributed by atoms with van der Waals surface area (Å²) >= 11 is 5.76. The Hall–Kier alpha value is -2.15. The minimum absolute atomic E-state index is 0.0408. The van der Waals surface area contributed by atoms with E-state index in [1.165, 1.54) is 12.1 Å². The van der Waals surface area contributed by atoms with Gasteiger partial charge in [-0.3, -0.25) is 19.7 Å². The molecule has 0 spiro atoms.